The Hall–Kier alpha value is -2.34. The first-order valence-electron chi connectivity index (χ1n) is 8.21. The molecule has 2 atom stereocenters. The van der Waals surface area contributed by atoms with Gasteiger partial charge in [-0.25, -0.2) is 23.9 Å². The Morgan fingerprint density at radius 1 is 1.29 bits per heavy atom. The number of hydrogen-bond acceptors (Lipinski definition) is 3. The summed E-state index contributed by atoms with van der Waals surface area (Å²) < 4.78 is 7.94. The minimum atomic E-state index is -0.464. The second-order valence-corrected chi connectivity index (χ2v) is 5.86. The number of unbranched alkanes of at least 4 members (excludes halogenated alkanes) is 1. The van der Waals surface area contributed by atoms with E-state index in [9.17, 15) is 9.59 Å². The van der Waals surface area contributed by atoms with E-state index in [4.69, 9.17) is 4.74 Å². The molecular formula is C18H25N3O3. The normalized spacial score (nSPS) is 13.6. The number of rotatable bonds is 8. The number of benzene rings is 1. The maximum Gasteiger partial charge on any atom is 0.352 e. The maximum absolute atomic E-state index is 12.7. The van der Waals surface area contributed by atoms with E-state index >= 15 is 0 Å². The smallest absolute Gasteiger partial charge is 0.352 e. The Kier molecular flexibility index (Phi) is 5.98. The molecule has 0 bridgehead atoms. The third kappa shape index (κ3) is 3.59. The van der Waals surface area contributed by atoms with Gasteiger partial charge in [0.25, 0.3) is 0 Å². The molecule has 1 heterocycles. The number of para-hydroxylation sites is 1. The first-order valence-corrected chi connectivity index (χ1v) is 8.21. The van der Waals surface area contributed by atoms with Gasteiger partial charge in [-0.2, -0.15) is 0 Å². The molecule has 0 saturated heterocycles. The van der Waals surface area contributed by atoms with Gasteiger partial charge >= 0.3 is 11.4 Å². The van der Waals surface area contributed by atoms with Gasteiger partial charge in [-0.15, -0.1) is 0 Å². The van der Waals surface area contributed by atoms with Gasteiger partial charge in [0.05, 0.1) is 17.8 Å². The summed E-state index contributed by atoms with van der Waals surface area (Å²) in [5.41, 5.74) is 0.433. The molecule has 2 aromatic rings. The minimum absolute atomic E-state index is 0.143. The van der Waals surface area contributed by atoms with E-state index in [1.54, 1.807) is 31.4 Å². The standard InChI is InChI=1S/C18H25N3O3/c1-5-6-12-16(24-4)13(2)14(3)21-18(23)20(17(22)19-21)15-10-8-7-9-11-15/h7-11,14,16H,2,5-6,12H2,1,3-4H3,(H,19,22)/t14-,16+/m1/s1. The molecule has 0 spiro atoms. The van der Waals surface area contributed by atoms with Crippen LogP contribution in [0.2, 0.25) is 0 Å². The number of hydrogen-bond donors (Lipinski definition) is 1. The molecule has 24 heavy (non-hydrogen) atoms. The summed E-state index contributed by atoms with van der Waals surface area (Å²) >= 11 is 0. The summed E-state index contributed by atoms with van der Waals surface area (Å²) in [6.45, 7) is 8.04. The van der Waals surface area contributed by atoms with E-state index in [-0.39, 0.29) is 12.1 Å². The molecule has 130 valence electrons. The highest BCUT2D eigenvalue weighted by Gasteiger charge is 2.22. The molecule has 0 amide bonds. The Morgan fingerprint density at radius 2 is 1.96 bits per heavy atom. The van der Waals surface area contributed by atoms with Gasteiger partial charge in [0.1, 0.15) is 0 Å². The molecular weight excluding hydrogens is 306 g/mol. The van der Waals surface area contributed by atoms with Crippen LogP contribution in [0, 0.1) is 0 Å². The topological polar surface area (TPSA) is 69.0 Å². The van der Waals surface area contributed by atoms with Crippen LogP contribution in [-0.4, -0.2) is 27.6 Å². The van der Waals surface area contributed by atoms with Crippen LogP contribution in [0.3, 0.4) is 0 Å². The van der Waals surface area contributed by atoms with Crippen molar-refractivity contribution in [1.29, 1.82) is 0 Å². The van der Waals surface area contributed by atoms with Crippen LogP contribution in [-0.2, 0) is 4.74 Å². The highest BCUT2D eigenvalue weighted by Crippen LogP contribution is 2.22. The minimum Gasteiger partial charge on any atom is -0.377 e. The number of nitrogens with one attached hydrogen (secondary N) is 1. The van der Waals surface area contributed by atoms with E-state index in [1.807, 2.05) is 13.0 Å². The van der Waals surface area contributed by atoms with Crippen molar-refractivity contribution in [3.8, 4) is 5.69 Å². The molecule has 0 aliphatic rings. The second kappa shape index (κ2) is 7.97. The molecule has 0 aliphatic heterocycles. The van der Waals surface area contributed by atoms with E-state index in [2.05, 4.69) is 18.6 Å². The predicted molar refractivity (Wildman–Crippen MR) is 94.8 cm³/mol. The van der Waals surface area contributed by atoms with Crippen LogP contribution in [0.4, 0.5) is 0 Å². The quantitative estimate of drug-likeness (QED) is 0.756. The van der Waals surface area contributed by atoms with Crippen molar-refractivity contribution in [1.82, 2.24) is 14.3 Å². The molecule has 6 heteroatoms. The van der Waals surface area contributed by atoms with Crippen LogP contribution >= 0.6 is 0 Å². The van der Waals surface area contributed by atoms with Crippen LogP contribution in [0.25, 0.3) is 5.69 Å². The van der Waals surface area contributed by atoms with Crippen molar-refractivity contribution in [2.24, 2.45) is 0 Å². The lowest BCUT2D eigenvalue weighted by atomic mass is 10.00. The van der Waals surface area contributed by atoms with Gasteiger partial charge in [-0.3, -0.25) is 0 Å². The van der Waals surface area contributed by atoms with Crippen molar-refractivity contribution in [3.05, 3.63) is 63.5 Å². The average molecular weight is 331 g/mol. The average Bonchev–Trinajstić information content (AvgIpc) is 2.90. The summed E-state index contributed by atoms with van der Waals surface area (Å²) in [7, 11) is 1.64. The summed E-state index contributed by atoms with van der Waals surface area (Å²) in [6.07, 6.45) is 2.77. The first-order chi connectivity index (χ1) is 11.5. The van der Waals surface area contributed by atoms with Crippen molar-refractivity contribution in [2.75, 3.05) is 7.11 Å². The van der Waals surface area contributed by atoms with Gasteiger partial charge in [-0.1, -0.05) is 44.5 Å². The number of methoxy groups -OCH3 is 1. The fourth-order valence-corrected chi connectivity index (χ4v) is 2.74. The fraction of sp³-hybridized carbons (Fsp3) is 0.444. The monoisotopic (exact) mass is 331 g/mol. The van der Waals surface area contributed by atoms with E-state index < -0.39 is 11.4 Å². The number of nitrogens with zero attached hydrogens (tertiary/aromatic N) is 2. The Bertz CT molecular complexity index is 786. The van der Waals surface area contributed by atoms with Crippen LogP contribution < -0.4 is 11.4 Å². The third-order valence-electron chi connectivity index (χ3n) is 4.27. The maximum atomic E-state index is 12.7. The van der Waals surface area contributed by atoms with Crippen molar-refractivity contribution in [3.63, 3.8) is 0 Å². The lowest BCUT2D eigenvalue weighted by molar-refractivity contribution is 0.113. The Balaban J connectivity index is 2.34. The molecule has 0 saturated carbocycles. The first kappa shape index (κ1) is 18.0. The van der Waals surface area contributed by atoms with Gasteiger partial charge in [0.15, 0.2) is 0 Å². The van der Waals surface area contributed by atoms with Gasteiger partial charge in [0, 0.05) is 7.11 Å². The molecule has 0 fully saturated rings. The summed E-state index contributed by atoms with van der Waals surface area (Å²) in [5.74, 6) is 0. The summed E-state index contributed by atoms with van der Waals surface area (Å²) in [6, 6.07) is 8.48. The molecule has 0 radical (unpaired) electrons. The van der Waals surface area contributed by atoms with Crippen LogP contribution in [0.5, 0.6) is 0 Å². The summed E-state index contributed by atoms with van der Waals surface area (Å²) in [4.78, 5) is 24.9. The largest absolute Gasteiger partial charge is 0.377 e. The highest BCUT2D eigenvalue weighted by molar-refractivity contribution is 5.30. The molecule has 0 aliphatic carbocycles. The predicted octanol–water partition coefficient (Wildman–Crippen LogP) is 2.65. The zero-order valence-corrected chi connectivity index (χ0v) is 14.5. The van der Waals surface area contributed by atoms with Crippen LogP contribution in [0.15, 0.2) is 52.1 Å². The number of aromatic nitrogens is 3. The number of H-pyrrole nitrogens is 1. The SMILES string of the molecule is C=C([C@H](CCCC)OC)[C@@H](C)n1[nH]c(=O)n(-c2ccccc2)c1=O. The molecule has 6 nitrogen and oxygen atoms in total. The molecule has 1 N–H and O–H groups in total. The van der Waals surface area contributed by atoms with Gasteiger partial charge in [-0.05, 0) is 31.1 Å². The van der Waals surface area contributed by atoms with E-state index in [0.29, 0.717) is 5.69 Å². The fourth-order valence-electron chi connectivity index (χ4n) is 2.74. The highest BCUT2D eigenvalue weighted by atomic mass is 16.5. The zero-order valence-electron chi connectivity index (χ0n) is 14.5. The summed E-state index contributed by atoms with van der Waals surface area (Å²) in [5, 5.41) is 2.62. The van der Waals surface area contributed by atoms with E-state index in [0.717, 1.165) is 29.4 Å². The number of aromatic amines is 1. The van der Waals surface area contributed by atoms with Crippen molar-refractivity contribution in [2.45, 2.75) is 45.3 Å². The molecule has 0 unspecified atom stereocenters. The molecule has 1 aromatic heterocycles. The van der Waals surface area contributed by atoms with Gasteiger partial charge < -0.3 is 4.74 Å². The second-order valence-electron chi connectivity index (χ2n) is 5.86. The third-order valence-corrected chi connectivity index (χ3v) is 4.27. The van der Waals surface area contributed by atoms with Crippen molar-refractivity contribution >= 4 is 0 Å². The van der Waals surface area contributed by atoms with Crippen LogP contribution in [0.1, 0.15) is 39.2 Å². The Morgan fingerprint density at radius 3 is 2.54 bits per heavy atom. The Labute approximate surface area is 141 Å². The lowest BCUT2D eigenvalue weighted by Gasteiger charge is -2.23. The van der Waals surface area contributed by atoms with Gasteiger partial charge in [0.2, 0.25) is 0 Å². The molecule has 2 rings (SSSR count). The lowest BCUT2D eigenvalue weighted by Crippen LogP contribution is -2.31. The van der Waals surface area contributed by atoms with Crippen molar-refractivity contribution < 1.29 is 4.74 Å². The van der Waals surface area contributed by atoms with E-state index in [1.165, 1.54) is 4.68 Å². The number of ether oxygens (including phenoxy) is 1. The molecule has 1 aromatic carbocycles. The zero-order chi connectivity index (χ0) is 17.7.